The monoisotopic (exact) mass is 516 g/mol. The number of hydrogen-bond acceptors (Lipinski definition) is 4. The lowest BCUT2D eigenvalue weighted by molar-refractivity contribution is -0.143. The van der Waals surface area contributed by atoms with E-state index >= 15 is 0 Å². The average Bonchev–Trinajstić information content (AvgIpc) is 2.91. The van der Waals surface area contributed by atoms with Crippen LogP contribution >= 0.6 is 0 Å². The van der Waals surface area contributed by atoms with Crippen molar-refractivity contribution in [3.05, 3.63) is 108 Å². The predicted molar refractivity (Wildman–Crippen MR) is 142 cm³/mol. The molecule has 2 atom stereocenters. The maximum Gasteiger partial charge on any atom is 0.326 e. The molecule has 0 aliphatic heterocycles. The molecule has 8 nitrogen and oxygen atoms in total. The zero-order chi connectivity index (χ0) is 27.3. The Labute approximate surface area is 221 Å². The van der Waals surface area contributed by atoms with Crippen LogP contribution in [-0.2, 0) is 38.4 Å². The van der Waals surface area contributed by atoms with Crippen molar-refractivity contribution < 1.29 is 29.4 Å². The summed E-state index contributed by atoms with van der Waals surface area (Å²) in [7, 11) is 0. The van der Waals surface area contributed by atoms with E-state index in [-0.39, 0.29) is 18.7 Å². The lowest BCUT2D eigenvalue weighted by atomic mass is 9.91. The molecule has 38 heavy (non-hydrogen) atoms. The van der Waals surface area contributed by atoms with Crippen molar-refractivity contribution in [2.45, 2.75) is 44.2 Å². The third kappa shape index (κ3) is 9.20. The summed E-state index contributed by atoms with van der Waals surface area (Å²) < 4.78 is 0. The molecule has 0 spiro atoms. The van der Waals surface area contributed by atoms with Gasteiger partial charge in [0.25, 0.3) is 0 Å². The topological polar surface area (TPSA) is 133 Å². The van der Waals surface area contributed by atoms with Crippen molar-refractivity contribution in [3.8, 4) is 0 Å². The Morgan fingerprint density at radius 2 is 1.00 bits per heavy atom. The summed E-state index contributed by atoms with van der Waals surface area (Å²) in [6.07, 6.45) is 0.374. The summed E-state index contributed by atoms with van der Waals surface area (Å²) in [6, 6.07) is 25.8. The second kappa shape index (κ2) is 14.3. The quantitative estimate of drug-likeness (QED) is 0.260. The van der Waals surface area contributed by atoms with E-state index in [2.05, 4.69) is 10.6 Å². The lowest BCUT2D eigenvalue weighted by Gasteiger charge is -2.24. The summed E-state index contributed by atoms with van der Waals surface area (Å²) in [5.41, 5.74) is 2.74. The van der Waals surface area contributed by atoms with E-state index in [0.717, 1.165) is 16.7 Å². The van der Waals surface area contributed by atoms with Gasteiger partial charge in [-0.15, -0.1) is 0 Å². The molecule has 0 aromatic heterocycles. The molecule has 0 fully saturated rings. The fraction of sp³-hybridized carbons (Fsp3) is 0.267. The first-order valence-electron chi connectivity index (χ1n) is 12.5. The van der Waals surface area contributed by atoms with Gasteiger partial charge in [-0.2, -0.15) is 0 Å². The summed E-state index contributed by atoms with van der Waals surface area (Å²) in [5, 5.41) is 23.7. The van der Waals surface area contributed by atoms with Crippen LogP contribution in [0.5, 0.6) is 0 Å². The zero-order valence-electron chi connectivity index (χ0n) is 21.0. The Morgan fingerprint density at radius 1 is 0.579 bits per heavy atom. The number of benzene rings is 3. The molecular weight excluding hydrogens is 484 g/mol. The molecule has 198 valence electrons. The molecule has 0 saturated heterocycles. The molecule has 3 rings (SSSR count). The number of carbonyl (C=O) groups is 4. The van der Waals surface area contributed by atoms with Gasteiger partial charge in [0.2, 0.25) is 11.8 Å². The summed E-state index contributed by atoms with van der Waals surface area (Å²) in [4.78, 5) is 49.5. The van der Waals surface area contributed by atoms with Crippen LogP contribution in [-0.4, -0.2) is 46.0 Å². The number of amides is 2. The summed E-state index contributed by atoms with van der Waals surface area (Å²) in [5.74, 6) is -3.99. The van der Waals surface area contributed by atoms with Crippen molar-refractivity contribution in [2.75, 3.05) is 0 Å². The van der Waals surface area contributed by atoms with E-state index in [0.29, 0.717) is 12.8 Å². The van der Waals surface area contributed by atoms with Crippen LogP contribution in [0.2, 0.25) is 0 Å². The highest BCUT2D eigenvalue weighted by molar-refractivity contribution is 5.91. The second-order valence-electron chi connectivity index (χ2n) is 9.16. The summed E-state index contributed by atoms with van der Waals surface area (Å²) in [6.45, 7) is 0. The highest BCUT2D eigenvalue weighted by Crippen LogP contribution is 2.16. The number of nitrogens with one attached hydrogen (secondary N) is 2. The van der Waals surface area contributed by atoms with Crippen LogP contribution < -0.4 is 10.6 Å². The van der Waals surface area contributed by atoms with Crippen molar-refractivity contribution in [2.24, 2.45) is 5.92 Å². The van der Waals surface area contributed by atoms with E-state index in [1.54, 1.807) is 0 Å². The molecule has 0 unspecified atom stereocenters. The van der Waals surface area contributed by atoms with Gasteiger partial charge in [-0.1, -0.05) is 91.0 Å². The van der Waals surface area contributed by atoms with Gasteiger partial charge in [-0.25, -0.2) is 4.79 Å². The molecule has 0 aliphatic rings. The number of carboxylic acid groups (broad SMARTS) is 2. The normalized spacial score (nSPS) is 12.3. The third-order valence-corrected chi connectivity index (χ3v) is 6.20. The van der Waals surface area contributed by atoms with Crippen molar-refractivity contribution in [1.29, 1.82) is 0 Å². The standard InChI is InChI=1S/C30H32N2O6/c33-27(34)17-16-25(30(37)38)31-29(36)26(20-23-14-8-3-9-15-23)32-28(35)24(18-21-10-4-1-5-11-21)19-22-12-6-2-7-13-22/h1-15,24-26H,16-20H2,(H,31,36)(H,32,35)(H,33,34)(H,37,38)/t25-,26+/m1/s1. The molecule has 2 amide bonds. The first-order valence-corrected chi connectivity index (χ1v) is 12.5. The van der Waals surface area contributed by atoms with Gasteiger partial charge in [0.05, 0.1) is 0 Å². The van der Waals surface area contributed by atoms with Crippen molar-refractivity contribution in [3.63, 3.8) is 0 Å². The number of carbonyl (C=O) groups excluding carboxylic acids is 2. The first kappa shape index (κ1) is 28.1. The fourth-order valence-corrected chi connectivity index (χ4v) is 4.20. The minimum Gasteiger partial charge on any atom is -0.481 e. The average molecular weight is 517 g/mol. The Bertz CT molecular complexity index is 1160. The SMILES string of the molecule is O=C(O)CC[C@@H](NC(=O)[C@H](Cc1ccccc1)NC(=O)C(Cc1ccccc1)Cc1ccccc1)C(=O)O. The van der Waals surface area contributed by atoms with E-state index < -0.39 is 42.3 Å². The first-order chi connectivity index (χ1) is 18.3. The number of aliphatic carboxylic acids is 2. The molecular formula is C30H32N2O6. The number of hydrogen-bond donors (Lipinski definition) is 4. The maximum absolute atomic E-state index is 13.6. The van der Waals surface area contributed by atoms with Crippen molar-refractivity contribution in [1.82, 2.24) is 10.6 Å². The van der Waals surface area contributed by atoms with Gasteiger partial charge < -0.3 is 20.8 Å². The second-order valence-corrected chi connectivity index (χ2v) is 9.16. The molecule has 0 bridgehead atoms. The largest absolute Gasteiger partial charge is 0.481 e. The van der Waals surface area contributed by atoms with Crippen LogP contribution in [0.4, 0.5) is 0 Å². The van der Waals surface area contributed by atoms with Gasteiger partial charge in [-0.3, -0.25) is 14.4 Å². The van der Waals surface area contributed by atoms with Crippen LogP contribution in [0.15, 0.2) is 91.0 Å². The smallest absolute Gasteiger partial charge is 0.326 e. The van der Waals surface area contributed by atoms with Crippen LogP contribution in [0.3, 0.4) is 0 Å². The zero-order valence-corrected chi connectivity index (χ0v) is 21.0. The van der Waals surface area contributed by atoms with Gasteiger partial charge in [0, 0.05) is 18.8 Å². The summed E-state index contributed by atoms with van der Waals surface area (Å²) >= 11 is 0. The van der Waals surface area contributed by atoms with Crippen LogP contribution in [0.1, 0.15) is 29.5 Å². The third-order valence-electron chi connectivity index (χ3n) is 6.20. The van der Waals surface area contributed by atoms with E-state index in [9.17, 15) is 24.3 Å². The molecule has 4 N–H and O–H groups in total. The minimum atomic E-state index is -1.39. The Balaban J connectivity index is 1.82. The maximum atomic E-state index is 13.6. The Hall–Kier alpha value is -4.46. The molecule has 0 saturated carbocycles. The highest BCUT2D eigenvalue weighted by Gasteiger charge is 2.29. The molecule has 0 heterocycles. The Morgan fingerprint density at radius 3 is 1.42 bits per heavy atom. The molecule has 3 aromatic carbocycles. The Kier molecular flexibility index (Phi) is 10.6. The van der Waals surface area contributed by atoms with Crippen molar-refractivity contribution >= 4 is 23.8 Å². The van der Waals surface area contributed by atoms with E-state index in [1.165, 1.54) is 0 Å². The van der Waals surface area contributed by atoms with E-state index in [4.69, 9.17) is 5.11 Å². The predicted octanol–water partition coefficient (Wildman–Crippen LogP) is 3.25. The van der Waals surface area contributed by atoms with Crippen LogP contribution in [0.25, 0.3) is 0 Å². The molecule has 3 aromatic rings. The van der Waals surface area contributed by atoms with Gasteiger partial charge in [-0.05, 0) is 36.0 Å². The fourth-order valence-electron chi connectivity index (χ4n) is 4.20. The minimum absolute atomic E-state index is 0.146. The number of rotatable bonds is 14. The van der Waals surface area contributed by atoms with Gasteiger partial charge in [0.15, 0.2) is 0 Å². The molecule has 8 heteroatoms. The molecule has 0 aliphatic carbocycles. The van der Waals surface area contributed by atoms with Gasteiger partial charge in [0.1, 0.15) is 12.1 Å². The lowest BCUT2D eigenvalue weighted by Crippen LogP contribution is -2.53. The van der Waals surface area contributed by atoms with Crippen LogP contribution in [0, 0.1) is 5.92 Å². The van der Waals surface area contributed by atoms with Gasteiger partial charge >= 0.3 is 11.9 Å². The molecule has 0 radical (unpaired) electrons. The highest BCUT2D eigenvalue weighted by atomic mass is 16.4. The van der Waals surface area contributed by atoms with E-state index in [1.807, 2.05) is 91.0 Å². The number of carboxylic acids is 2.